The van der Waals surface area contributed by atoms with Crippen molar-refractivity contribution in [2.45, 2.75) is 30.1 Å². The molecule has 0 atom stereocenters. The van der Waals surface area contributed by atoms with Crippen molar-refractivity contribution >= 4 is 71.5 Å². The number of anilines is 3. The van der Waals surface area contributed by atoms with Crippen LogP contribution in [0.2, 0.25) is 0 Å². The number of hydrogen-bond donors (Lipinski definition) is 0. The highest BCUT2D eigenvalue weighted by Gasteiger charge is 2.53. The Morgan fingerprint density at radius 1 is 0.384 bits per heavy atom. The molecule has 12 aromatic rings. The van der Waals surface area contributed by atoms with Crippen molar-refractivity contribution in [1.82, 2.24) is 9.97 Å². The summed E-state index contributed by atoms with van der Waals surface area (Å²) in [5.74, 6) is 0. The molecule has 4 heteroatoms. The molecule has 73 heavy (non-hydrogen) atoms. The summed E-state index contributed by atoms with van der Waals surface area (Å²) in [6.45, 7) is 4.84. The number of aromatic nitrogens is 2. The summed E-state index contributed by atoms with van der Waals surface area (Å²) in [4.78, 5) is 12.8. The van der Waals surface area contributed by atoms with Gasteiger partial charge in [-0.25, -0.2) is 0 Å². The fourth-order valence-corrected chi connectivity index (χ4v) is 16.1. The molecule has 0 bridgehead atoms. The van der Waals surface area contributed by atoms with Crippen LogP contribution in [0.3, 0.4) is 0 Å². The molecule has 0 fully saturated rings. The second-order valence-corrected chi connectivity index (χ2v) is 22.1. The fourth-order valence-electron chi connectivity index (χ4n) is 14.7. The number of para-hydroxylation sites is 1. The van der Waals surface area contributed by atoms with Gasteiger partial charge >= 0.3 is 0 Å². The average molecular weight is 946 g/mol. The van der Waals surface area contributed by atoms with E-state index in [1.54, 1.807) is 0 Å². The molecule has 3 nitrogen and oxygen atoms in total. The third kappa shape index (κ3) is 4.69. The van der Waals surface area contributed by atoms with Gasteiger partial charge < -0.3 is 4.90 Å². The maximum Gasteiger partial charge on any atom is 0.0937 e. The molecule has 1 aliphatic heterocycles. The van der Waals surface area contributed by atoms with Gasteiger partial charge in [-0.3, -0.25) is 9.97 Å². The number of benzene rings is 9. The molecule has 0 unspecified atom stereocenters. The minimum Gasteiger partial charge on any atom is -0.308 e. The third-order valence-electron chi connectivity index (χ3n) is 17.6. The van der Waals surface area contributed by atoms with Crippen LogP contribution in [0.4, 0.5) is 17.1 Å². The molecular weight excluding hydrogens is 903 g/mol. The maximum absolute atomic E-state index is 5.10. The lowest BCUT2D eigenvalue weighted by Crippen LogP contribution is -2.32. The zero-order valence-electron chi connectivity index (χ0n) is 40.1. The normalized spacial score (nSPS) is 15.8. The first kappa shape index (κ1) is 40.0. The van der Waals surface area contributed by atoms with E-state index in [0.29, 0.717) is 0 Å². The number of fused-ring (bicyclic) bond motifs is 18. The van der Waals surface area contributed by atoms with E-state index in [4.69, 9.17) is 9.97 Å². The Morgan fingerprint density at radius 3 is 1.74 bits per heavy atom. The Labute approximate surface area is 427 Å². The molecule has 4 heterocycles. The highest BCUT2D eigenvalue weighted by Crippen LogP contribution is 2.65. The van der Waals surface area contributed by atoms with Crippen LogP contribution in [0.1, 0.15) is 80.6 Å². The van der Waals surface area contributed by atoms with Gasteiger partial charge in [0.15, 0.2) is 0 Å². The molecule has 340 valence electrons. The Balaban J connectivity index is 0.978. The average Bonchev–Trinajstić information content (AvgIpc) is 4.21. The highest BCUT2D eigenvalue weighted by molar-refractivity contribution is 7.27. The molecule has 0 saturated heterocycles. The smallest absolute Gasteiger partial charge is 0.0937 e. The number of pyridine rings is 2. The van der Waals surface area contributed by atoms with E-state index in [-0.39, 0.29) is 5.41 Å². The van der Waals surface area contributed by atoms with Crippen molar-refractivity contribution in [3.05, 3.63) is 279 Å². The summed E-state index contributed by atoms with van der Waals surface area (Å²) < 4.78 is 2.58. The predicted molar refractivity (Wildman–Crippen MR) is 302 cm³/mol. The van der Waals surface area contributed by atoms with Gasteiger partial charge in [-0.1, -0.05) is 190 Å². The molecular formula is C69H43N3S. The van der Waals surface area contributed by atoms with Crippen molar-refractivity contribution in [2.24, 2.45) is 0 Å². The lowest BCUT2D eigenvalue weighted by Gasteiger charge is -2.43. The molecule has 0 radical (unpaired) electrons. The number of nitrogens with zero attached hydrogens (tertiary/aromatic N) is 3. The van der Waals surface area contributed by atoms with E-state index < -0.39 is 10.8 Å². The summed E-state index contributed by atoms with van der Waals surface area (Å²) in [6.07, 6.45) is 8.43. The van der Waals surface area contributed by atoms with E-state index in [9.17, 15) is 0 Å². The van der Waals surface area contributed by atoms with Crippen LogP contribution in [0.25, 0.3) is 76.7 Å². The second-order valence-electron chi connectivity index (χ2n) is 21.1. The topological polar surface area (TPSA) is 29.0 Å². The molecule has 9 aromatic carbocycles. The minimum absolute atomic E-state index is 0.293. The number of hydrogen-bond acceptors (Lipinski definition) is 4. The van der Waals surface area contributed by atoms with Crippen molar-refractivity contribution in [3.8, 4) is 33.6 Å². The summed E-state index contributed by atoms with van der Waals surface area (Å²) in [5.41, 5.74) is 24.7. The molecule has 0 amide bonds. The first-order valence-electron chi connectivity index (χ1n) is 25.5. The van der Waals surface area contributed by atoms with Crippen LogP contribution in [0.5, 0.6) is 0 Å². The molecule has 5 aliphatic rings. The van der Waals surface area contributed by atoms with E-state index in [2.05, 4.69) is 231 Å². The summed E-state index contributed by atoms with van der Waals surface area (Å²) in [7, 11) is 0. The van der Waals surface area contributed by atoms with Crippen molar-refractivity contribution in [1.29, 1.82) is 0 Å². The molecule has 4 aliphatic carbocycles. The SMILES string of the molecule is CC1(C)c2ccccc2N(c2cccc3c2sc2c4c(ccc23)C2(c3cccnc3-c3ncccc32)c2ccc3c5c(ccc-4c25)C=C3)c2cc3c(cc21)-c1ccccc1C3(c1ccccc1)c1ccccc1. The Bertz CT molecular complexity index is 4390. The van der Waals surface area contributed by atoms with Gasteiger partial charge in [0.05, 0.1) is 44.0 Å². The van der Waals surface area contributed by atoms with Gasteiger partial charge in [0.2, 0.25) is 0 Å². The highest BCUT2D eigenvalue weighted by atomic mass is 32.1. The Morgan fingerprint density at radius 2 is 1.00 bits per heavy atom. The first-order chi connectivity index (χ1) is 36.0. The molecule has 0 saturated carbocycles. The maximum atomic E-state index is 5.10. The summed E-state index contributed by atoms with van der Waals surface area (Å²) in [6, 6.07) is 76.1. The van der Waals surface area contributed by atoms with Crippen LogP contribution in [-0.2, 0) is 16.2 Å². The van der Waals surface area contributed by atoms with E-state index in [0.717, 1.165) is 11.4 Å². The largest absolute Gasteiger partial charge is 0.308 e. The summed E-state index contributed by atoms with van der Waals surface area (Å²) >= 11 is 1.95. The van der Waals surface area contributed by atoms with E-state index >= 15 is 0 Å². The van der Waals surface area contributed by atoms with Gasteiger partial charge in [-0.2, -0.15) is 0 Å². The second kappa shape index (κ2) is 13.8. The minimum atomic E-state index is -0.610. The van der Waals surface area contributed by atoms with Gasteiger partial charge in [-0.15, -0.1) is 11.3 Å². The molecule has 1 spiro atoms. The lowest BCUT2D eigenvalue weighted by atomic mass is 9.61. The zero-order chi connectivity index (χ0) is 48.0. The number of thiophene rings is 1. The Hall–Kier alpha value is -8.70. The number of rotatable bonds is 3. The fraction of sp³-hybridized carbons (Fsp3) is 0.0725. The van der Waals surface area contributed by atoms with E-state index in [1.807, 2.05) is 23.7 Å². The van der Waals surface area contributed by atoms with Crippen LogP contribution >= 0.6 is 11.3 Å². The van der Waals surface area contributed by atoms with Crippen LogP contribution in [0.15, 0.2) is 213 Å². The van der Waals surface area contributed by atoms with Gasteiger partial charge in [0.25, 0.3) is 0 Å². The first-order valence-corrected chi connectivity index (χ1v) is 26.3. The van der Waals surface area contributed by atoms with Gasteiger partial charge in [-0.05, 0) is 131 Å². The van der Waals surface area contributed by atoms with Crippen LogP contribution < -0.4 is 4.90 Å². The quantitative estimate of drug-likeness (QED) is 0.177. The monoisotopic (exact) mass is 945 g/mol. The van der Waals surface area contributed by atoms with Crippen molar-refractivity contribution in [2.75, 3.05) is 4.90 Å². The molecule has 3 aromatic heterocycles. The van der Waals surface area contributed by atoms with Crippen LogP contribution in [-0.4, -0.2) is 9.97 Å². The van der Waals surface area contributed by atoms with Gasteiger partial charge in [0, 0.05) is 38.8 Å². The van der Waals surface area contributed by atoms with Crippen molar-refractivity contribution < 1.29 is 0 Å². The zero-order valence-corrected chi connectivity index (χ0v) is 40.9. The lowest BCUT2D eigenvalue weighted by molar-refractivity contribution is 0.631. The predicted octanol–water partition coefficient (Wildman–Crippen LogP) is 17.3. The third-order valence-corrected chi connectivity index (χ3v) is 18.8. The van der Waals surface area contributed by atoms with Crippen molar-refractivity contribution in [3.63, 3.8) is 0 Å². The molecule has 0 N–H and O–H groups in total. The van der Waals surface area contributed by atoms with E-state index in [1.165, 1.54) is 137 Å². The standard InChI is InChI=1S/C69H43N3S/c1-67(2)50-23-11-12-26-57(50)72(59-39-55-48(38-56(59)67)44-20-9-10-22-49(44)68(55,42-16-5-3-6-17-42)43-18-7-4-8-19-43)58-27-13-21-45-46-33-35-52-62(66(46)73-65(45)58)47-32-30-40-28-29-41-31-34-51(61(47)60(40)41)69(52)53-24-14-36-70-63(53)64-54(69)25-15-37-71-64/h3-39H,1-2H3. The van der Waals surface area contributed by atoms with Gasteiger partial charge in [0.1, 0.15) is 0 Å². The van der Waals surface area contributed by atoms with Crippen LogP contribution in [0, 0.1) is 0 Å². The molecule has 17 rings (SSSR count). The summed E-state index contributed by atoms with van der Waals surface area (Å²) in [5, 5.41) is 5.21. The Kier molecular flexibility index (Phi) is 7.57.